The van der Waals surface area contributed by atoms with Crippen LogP contribution in [0.2, 0.25) is 0 Å². The molecule has 4 rings (SSSR count). The number of nitrogens with one attached hydrogen (secondary N) is 1. The molecular weight excluding hydrogens is 358 g/mol. The van der Waals surface area contributed by atoms with Crippen molar-refractivity contribution < 1.29 is 19.1 Å². The van der Waals surface area contributed by atoms with Gasteiger partial charge in [-0.25, -0.2) is 4.79 Å². The number of hydrogen-bond acceptors (Lipinski definition) is 4. The summed E-state index contributed by atoms with van der Waals surface area (Å²) in [5.41, 5.74) is 3.16. The van der Waals surface area contributed by atoms with E-state index in [0.717, 1.165) is 23.4 Å². The topological polar surface area (TPSA) is 71.1 Å². The van der Waals surface area contributed by atoms with Crippen LogP contribution in [0.15, 0.2) is 42.5 Å². The van der Waals surface area contributed by atoms with Gasteiger partial charge in [0.25, 0.3) is 5.91 Å². The van der Waals surface area contributed by atoms with Gasteiger partial charge in [0.05, 0.1) is 20.3 Å². The van der Waals surface area contributed by atoms with Gasteiger partial charge < -0.3 is 19.7 Å². The summed E-state index contributed by atoms with van der Waals surface area (Å²) in [4.78, 5) is 29.0. The molecule has 1 saturated heterocycles. The number of methoxy groups -OCH3 is 1. The maximum Gasteiger partial charge on any atom is 0.326 e. The Bertz CT molecular complexity index is 876. The van der Waals surface area contributed by atoms with E-state index in [1.165, 1.54) is 0 Å². The number of rotatable bonds is 3. The highest BCUT2D eigenvalue weighted by molar-refractivity contribution is 6.04. The van der Waals surface area contributed by atoms with Gasteiger partial charge in [0, 0.05) is 36.6 Å². The number of anilines is 2. The number of amides is 3. The molecule has 0 aliphatic carbocycles. The van der Waals surface area contributed by atoms with E-state index in [0.29, 0.717) is 44.1 Å². The van der Waals surface area contributed by atoms with Crippen molar-refractivity contribution in [3.8, 4) is 5.75 Å². The Morgan fingerprint density at radius 1 is 1.04 bits per heavy atom. The monoisotopic (exact) mass is 381 g/mol. The molecule has 28 heavy (non-hydrogen) atoms. The summed E-state index contributed by atoms with van der Waals surface area (Å²) in [5.74, 6) is 0.712. The Hall–Kier alpha value is -3.06. The number of ether oxygens (including phenoxy) is 2. The average molecular weight is 381 g/mol. The third-order valence-electron chi connectivity index (χ3n) is 5.11. The largest absolute Gasteiger partial charge is 0.497 e. The fourth-order valence-corrected chi connectivity index (χ4v) is 3.54. The fraction of sp³-hybridized carbons (Fsp3) is 0.333. The number of nitrogens with zero attached hydrogens (tertiary/aromatic N) is 2. The molecule has 0 spiro atoms. The Morgan fingerprint density at radius 3 is 2.50 bits per heavy atom. The standard InChI is InChI=1S/C21H23N3O4/c1-27-18-6-4-17(5-7-18)22-21(26)24-9-8-15-2-3-16(14-19(15)24)20(25)23-10-12-28-13-11-23/h2-7,14H,8-13H2,1H3,(H,22,26). The number of urea groups is 1. The zero-order valence-electron chi connectivity index (χ0n) is 15.8. The van der Waals surface area contributed by atoms with Gasteiger partial charge in [-0.1, -0.05) is 6.07 Å². The zero-order valence-corrected chi connectivity index (χ0v) is 15.8. The highest BCUT2D eigenvalue weighted by Crippen LogP contribution is 2.30. The minimum Gasteiger partial charge on any atom is -0.497 e. The lowest BCUT2D eigenvalue weighted by molar-refractivity contribution is 0.0303. The van der Waals surface area contributed by atoms with E-state index >= 15 is 0 Å². The minimum atomic E-state index is -0.208. The van der Waals surface area contributed by atoms with E-state index in [2.05, 4.69) is 5.32 Å². The molecule has 0 saturated carbocycles. The van der Waals surface area contributed by atoms with Gasteiger partial charge >= 0.3 is 6.03 Å². The first-order chi connectivity index (χ1) is 13.7. The Labute approximate surface area is 163 Å². The van der Waals surface area contributed by atoms with Crippen LogP contribution in [0.5, 0.6) is 5.75 Å². The molecule has 2 heterocycles. The van der Waals surface area contributed by atoms with E-state index < -0.39 is 0 Å². The first-order valence-electron chi connectivity index (χ1n) is 9.38. The quantitative estimate of drug-likeness (QED) is 0.888. The second-order valence-corrected chi connectivity index (χ2v) is 6.81. The van der Waals surface area contributed by atoms with Crippen molar-refractivity contribution in [2.45, 2.75) is 6.42 Å². The molecule has 7 nitrogen and oxygen atoms in total. The van der Waals surface area contributed by atoms with Gasteiger partial charge in [0.2, 0.25) is 0 Å². The van der Waals surface area contributed by atoms with Gasteiger partial charge in [-0.15, -0.1) is 0 Å². The van der Waals surface area contributed by atoms with E-state index in [-0.39, 0.29) is 11.9 Å². The van der Waals surface area contributed by atoms with Gasteiger partial charge in [-0.3, -0.25) is 9.69 Å². The maximum absolute atomic E-state index is 12.8. The summed E-state index contributed by atoms with van der Waals surface area (Å²) in [7, 11) is 1.60. The molecule has 0 radical (unpaired) electrons. The summed E-state index contributed by atoms with van der Waals surface area (Å²) >= 11 is 0. The van der Waals surface area contributed by atoms with E-state index in [1.807, 2.05) is 18.2 Å². The van der Waals surface area contributed by atoms with Crippen molar-refractivity contribution in [3.63, 3.8) is 0 Å². The van der Waals surface area contributed by atoms with E-state index in [1.54, 1.807) is 41.2 Å². The van der Waals surface area contributed by atoms with Gasteiger partial charge in [-0.2, -0.15) is 0 Å². The molecule has 2 aromatic rings. The van der Waals surface area contributed by atoms with Crippen molar-refractivity contribution in [1.29, 1.82) is 0 Å². The molecule has 0 aromatic heterocycles. The fourth-order valence-electron chi connectivity index (χ4n) is 3.54. The third kappa shape index (κ3) is 3.66. The number of carbonyl (C=O) groups excluding carboxylic acids is 2. The number of morpholine rings is 1. The van der Waals surface area contributed by atoms with Crippen molar-refractivity contribution in [2.24, 2.45) is 0 Å². The molecular formula is C21H23N3O4. The minimum absolute atomic E-state index is 0.0199. The summed E-state index contributed by atoms with van der Waals surface area (Å²) < 4.78 is 10.5. The second kappa shape index (κ2) is 7.90. The number of benzene rings is 2. The van der Waals surface area contributed by atoms with E-state index in [4.69, 9.17) is 9.47 Å². The molecule has 1 N–H and O–H groups in total. The van der Waals surface area contributed by atoms with Gasteiger partial charge in [-0.05, 0) is 48.4 Å². The van der Waals surface area contributed by atoms with Crippen LogP contribution in [0.1, 0.15) is 15.9 Å². The molecule has 7 heteroatoms. The van der Waals surface area contributed by atoms with Crippen LogP contribution in [-0.4, -0.2) is 56.8 Å². The molecule has 2 aliphatic heterocycles. The van der Waals surface area contributed by atoms with Crippen LogP contribution < -0.4 is 15.0 Å². The SMILES string of the molecule is COc1ccc(NC(=O)N2CCc3ccc(C(=O)N4CCOCC4)cc32)cc1. The molecule has 0 atom stereocenters. The predicted octanol–water partition coefficient (Wildman–Crippen LogP) is 2.76. The summed E-state index contributed by atoms with van der Waals surface area (Å²) in [6.07, 6.45) is 0.775. The van der Waals surface area contributed by atoms with Crippen LogP contribution >= 0.6 is 0 Å². The van der Waals surface area contributed by atoms with Gasteiger partial charge in [0.15, 0.2) is 0 Å². The number of carbonyl (C=O) groups is 2. The van der Waals surface area contributed by atoms with Crippen molar-refractivity contribution in [2.75, 3.05) is 50.2 Å². The second-order valence-electron chi connectivity index (χ2n) is 6.81. The highest BCUT2D eigenvalue weighted by Gasteiger charge is 2.27. The molecule has 2 aliphatic rings. The normalized spacial score (nSPS) is 15.9. The van der Waals surface area contributed by atoms with Crippen molar-refractivity contribution in [3.05, 3.63) is 53.6 Å². The Balaban J connectivity index is 1.50. The summed E-state index contributed by atoms with van der Waals surface area (Å²) in [6.45, 7) is 2.90. The first-order valence-corrected chi connectivity index (χ1v) is 9.38. The lowest BCUT2D eigenvalue weighted by atomic mass is 10.1. The summed E-state index contributed by atoms with van der Waals surface area (Å²) in [6, 6.07) is 12.6. The summed E-state index contributed by atoms with van der Waals surface area (Å²) in [5, 5.41) is 2.91. The van der Waals surface area contributed by atoms with Crippen LogP contribution in [0.3, 0.4) is 0 Å². The average Bonchev–Trinajstić information content (AvgIpc) is 3.18. The van der Waals surface area contributed by atoms with Crippen molar-refractivity contribution >= 4 is 23.3 Å². The molecule has 1 fully saturated rings. The number of fused-ring (bicyclic) bond motifs is 1. The molecule has 0 unspecified atom stereocenters. The van der Waals surface area contributed by atoms with Gasteiger partial charge in [0.1, 0.15) is 5.75 Å². The highest BCUT2D eigenvalue weighted by atomic mass is 16.5. The molecule has 146 valence electrons. The smallest absolute Gasteiger partial charge is 0.326 e. The van der Waals surface area contributed by atoms with Crippen LogP contribution in [0.4, 0.5) is 16.2 Å². The first kappa shape index (κ1) is 18.3. The van der Waals surface area contributed by atoms with E-state index in [9.17, 15) is 9.59 Å². The lowest BCUT2D eigenvalue weighted by Gasteiger charge is -2.27. The Kier molecular flexibility index (Phi) is 5.16. The van der Waals surface area contributed by atoms with Crippen molar-refractivity contribution in [1.82, 2.24) is 4.90 Å². The van der Waals surface area contributed by atoms with Crippen LogP contribution in [-0.2, 0) is 11.2 Å². The zero-order chi connectivity index (χ0) is 19.5. The lowest BCUT2D eigenvalue weighted by Crippen LogP contribution is -2.40. The van der Waals surface area contributed by atoms with Crippen LogP contribution in [0.25, 0.3) is 0 Å². The maximum atomic E-state index is 12.8. The predicted molar refractivity (Wildman–Crippen MR) is 106 cm³/mol. The molecule has 2 aromatic carbocycles. The molecule has 3 amide bonds. The molecule has 0 bridgehead atoms. The number of hydrogen-bond donors (Lipinski definition) is 1. The Morgan fingerprint density at radius 2 is 1.79 bits per heavy atom. The van der Waals surface area contributed by atoms with Crippen LogP contribution in [0, 0.1) is 0 Å². The third-order valence-corrected chi connectivity index (χ3v) is 5.11.